The average Bonchev–Trinajstić information content (AvgIpc) is 2.86. The van der Waals surface area contributed by atoms with Crippen molar-refractivity contribution in [2.75, 3.05) is 18.9 Å². The summed E-state index contributed by atoms with van der Waals surface area (Å²) in [5.41, 5.74) is 2.30. The van der Waals surface area contributed by atoms with Gasteiger partial charge in [-0.05, 0) is 25.1 Å². The number of halogens is 1. The largest absolute Gasteiger partial charge is 0.374 e. The van der Waals surface area contributed by atoms with Crippen LogP contribution in [-0.4, -0.2) is 28.1 Å². The van der Waals surface area contributed by atoms with Crippen LogP contribution in [0.25, 0.3) is 0 Å². The van der Waals surface area contributed by atoms with Crippen LogP contribution in [0.4, 0.5) is 5.00 Å². The fraction of sp³-hybridized carbons (Fsp3) is 0.429. The van der Waals surface area contributed by atoms with Crippen molar-refractivity contribution in [3.63, 3.8) is 0 Å². The Morgan fingerprint density at radius 1 is 1.30 bits per heavy atom. The molecule has 1 aromatic carbocycles. The highest BCUT2D eigenvalue weighted by molar-refractivity contribution is 9.10. The summed E-state index contributed by atoms with van der Waals surface area (Å²) in [6.07, 6.45) is 1.10. The van der Waals surface area contributed by atoms with Crippen molar-refractivity contribution in [1.82, 2.24) is 14.5 Å². The third kappa shape index (κ3) is 4.26. The Labute approximate surface area is 132 Å². The SMILES string of the molecule is CCCNc1snnc1CN(C)Cc1ccccc1Br. The third-order valence-corrected chi connectivity index (χ3v) is 4.41. The van der Waals surface area contributed by atoms with E-state index in [9.17, 15) is 0 Å². The number of anilines is 1. The zero-order valence-corrected chi connectivity index (χ0v) is 14.2. The minimum absolute atomic E-state index is 0.796. The van der Waals surface area contributed by atoms with Crippen LogP contribution >= 0.6 is 27.5 Å². The lowest BCUT2D eigenvalue weighted by Gasteiger charge is -2.17. The van der Waals surface area contributed by atoms with Crippen LogP contribution in [0.5, 0.6) is 0 Å². The molecule has 2 aromatic rings. The van der Waals surface area contributed by atoms with E-state index < -0.39 is 0 Å². The molecule has 2 rings (SSSR count). The number of rotatable bonds is 7. The first-order valence-corrected chi connectivity index (χ1v) is 8.24. The van der Waals surface area contributed by atoms with E-state index in [4.69, 9.17) is 0 Å². The van der Waals surface area contributed by atoms with Crippen molar-refractivity contribution in [3.05, 3.63) is 40.0 Å². The van der Waals surface area contributed by atoms with E-state index in [0.717, 1.165) is 41.2 Å². The second-order valence-corrected chi connectivity index (χ2v) is 6.35. The Morgan fingerprint density at radius 3 is 2.85 bits per heavy atom. The first kappa shape index (κ1) is 15.4. The summed E-state index contributed by atoms with van der Waals surface area (Å²) >= 11 is 5.02. The fourth-order valence-corrected chi connectivity index (χ4v) is 2.92. The molecule has 1 aromatic heterocycles. The summed E-state index contributed by atoms with van der Waals surface area (Å²) in [5.74, 6) is 0. The van der Waals surface area contributed by atoms with Crippen LogP contribution in [0.1, 0.15) is 24.6 Å². The quantitative estimate of drug-likeness (QED) is 0.821. The van der Waals surface area contributed by atoms with Crippen molar-refractivity contribution in [3.8, 4) is 0 Å². The molecule has 0 radical (unpaired) electrons. The maximum absolute atomic E-state index is 4.23. The molecule has 1 N–H and O–H groups in total. The molecule has 0 amide bonds. The highest BCUT2D eigenvalue weighted by Crippen LogP contribution is 2.21. The van der Waals surface area contributed by atoms with E-state index in [2.05, 4.69) is 67.9 Å². The van der Waals surface area contributed by atoms with E-state index in [1.54, 1.807) is 0 Å². The molecule has 1 heterocycles. The molecule has 0 fully saturated rings. The van der Waals surface area contributed by atoms with Gasteiger partial charge in [0.15, 0.2) is 0 Å². The van der Waals surface area contributed by atoms with Gasteiger partial charge in [-0.15, -0.1) is 5.10 Å². The summed E-state index contributed by atoms with van der Waals surface area (Å²) in [4.78, 5) is 2.24. The number of hydrogen-bond acceptors (Lipinski definition) is 5. The van der Waals surface area contributed by atoms with Gasteiger partial charge in [0.2, 0.25) is 0 Å². The molecule has 0 spiro atoms. The third-order valence-electron chi connectivity index (χ3n) is 2.91. The fourth-order valence-electron chi connectivity index (χ4n) is 1.91. The smallest absolute Gasteiger partial charge is 0.134 e. The van der Waals surface area contributed by atoms with E-state index in [-0.39, 0.29) is 0 Å². The Kier molecular flexibility index (Phi) is 5.94. The molecule has 0 saturated carbocycles. The molecule has 0 bridgehead atoms. The first-order valence-electron chi connectivity index (χ1n) is 6.67. The summed E-state index contributed by atoms with van der Waals surface area (Å²) in [6, 6.07) is 8.30. The Bertz CT molecular complexity index is 543. The van der Waals surface area contributed by atoms with Gasteiger partial charge in [0, 0.05) is 35.6 Å². The van der Waals surface area contributed by atoms with Crippen molar-refractivity contribution >= 4 is 32.5 Å². The first-order chi connectivity index (χ1) is 9.70. The Morgan fingerprint density at radius 2 is 2.10 bits per heavy atom. The van der Waals surface area contributed by atoms with Gasteiger partial charge < -0.3 is 5.32 Å². The number of hydrogen-bond donors (Lipinski definition) is 1. The second-order valence-electron chi connectivity index (χ2n) is 4.74. The lowest BCUT2D eigenvalue weighted by atomic mass is 10.2. The van der Waals surface area contributed by atoms with Crippen LogP contribution in [0.3, 0.4) is 0 Å². The van der Waals surface area contributed by atoms with Gasteiger partial charge in [0.25, 0.3) is 0 Å². The molecular weight excluding hydrogens is 336 g/mol. The number of nitrogens with zero attached hydrogens (tertiary/aromatic N) is 3. The molecule has 0 saturated heterocycles. The molecule has 20 heavy (non-hydrogen) atoms. The van der Waals surface area contributed by atoms with Crippen LogP contribution in [0, 0.1) is 0 Å². The zero-order chi connectivity index (χ0) is 14.4. The predicted molar refractivity (Wildman–Crippen MR) is 88.0 cm³/mol. The molecule has 0 aliphatic rings. The lowest BCUT2D eigenvalue weighted by Crippen LogP contribution is -2.18. The van der Waals surface area contributed by atoms with Crippen molar-refractivity contribution in [2.24, 2.45) is 0 Å². The van der Waals surface area contributed by atoms with Crippen LogP contribution in [0.2, 0.25) is 0 Å². The molecule has 6 heteroatoms. The van der Waals surface area contributed by atoms with E-state index in [0.29, 0.717) is 0 Å². The minimum atomic E-state index is 0.796. The zero-order valence-electron chi connectivity index (χ0n) is 11.8. The van der Waals surface area contributed by atoms with Gasteiger partial charge in [-0.1, -0.05) is 45.5 Å². The van der Waals surface area contributed by atoms with E-state index in [1.807, 2.05) is 6.07 Å². The van der Waals surface area contributed by atoms with Crippen LogP contribution in [-0.2, 0) is 13.1 Å². The van der Waals surface area contributed by atoms with E-state index >= 15 is 0 Å². The number of aromatic nitrogens is 2. The van der Waals surface area contributed by atoms with Gasteiger partial charge in [-0.3, -0.25) is 4.90 Å². The van der Waals surface area contributed by atoms with Crippen molar-refractivity contribution in [2.45, 2.75) is 26.4 Å². The maximum Gasteiger partial charge on any atom is 0.134 e. The number of benzene rings is 1. The van der Waals surface area contributed by atoms with Gasteiger partial charge >= 0.3 is 0 Å². The standard InChI is InChI=1S/C14H19BrN4S/c1-3-8-16-14-13(17-18-20-14)10-19(2)9-11-6-4-5-7-12(11)15/h4-7,16H,3,8-10H2,1-2H3. The molecule has 0 aliphatic heterocycles. The molecule has 108 valence electrons. The lowest BCUT2D eigenvalue weighted by molar-refractivity contribution is 0.315. The summed E-state index contributed by atoms with van der Waals surface area (Å²) in [7, 11) is 2.10. The highest BCUT2D eigenvalue weighted by Gasteiger charge is 2.11. The summed E-state index contributed by atoms with van der Waals surface area (Å²) < 4.78 is 5.19. The Hall–Kier alpha value is -0.980. The van der Waals surface area contributed by atoms with Crippen LogP contribution < -0.4 is 5.32 Å². The average molecular weight is 355 g/mol. The van der Waals surface area contributed by atoms with E-state index in [1.165, 1.54) is 17.1 Å². The van der Waals surface area contributed by atoms with Crippen molar-refractivity contribution < 1.29 is 0 Å². The normalized spacial score (nSPS) is 11.0. The molecular formula is C14H19BrN4S. The molecule has 0 atom stereocenters. The topological polar surface area (TPSA) is 41.1 Å². The summed E-state index contributed by atoms with van der Waals surface area (Å²) in [5, 5.41) is 8.70. The maximum atomic E-state index is 4.23. The second kappa shape index (κ2) is 7.71. The predicted octanol–water partition coefficient (Wildman–Crippen LogP) is 3.75. The van der Waals surface area contributed by atoms with Gasteiger partial charge in [0.05, 0.1) is 0 Å². The molecule has 0 unspecified atom stereocenters. The highest BCUT2D eigenvalue weighted by atomic mass is 79.9. The molecule has 0 aliphatic carbocycles. The van der Waals surface area contributed by atoms with Crippen LogP contribution in [0.15, 0.2) is 28.7 Å². The number of nitrogens with one attached hydrogen (secondary N) is 1. The molecule has 4 nitrogen and oxygen atoms in total. The van der Waals surface area contributed by atoms with Gasteiger partial charge in [0.1, 0.15) is 10.7 Å². The van der Waals surface area contributed by atoms with Crippen molar-refractivity contribution in [1.29, 1.82) is 0 Å². The summed E-state index contributed by atoms with van der Waals surface area (Å²) in [6.45, 7) is 4.79. The monoisotopic (exact) mass is 354 g/mol. The van der Waals surface area contributed by atoms with Gasteiger partial charge in [-0.2, -0.15) is 0 Å². The Balaban J connectivity index is 1.96. The van der Waals surface area contributed by atoms with Gasteiger partial charge in [-0.25, -0.2) is 0 Å². The minimum Gasteiger partial charge on any atom is -0.374 e.